The van der Waals surface area contributed by atoms with Gasteiger partial charge in [-0.25, -0.2) is 4.98 Å². The van der Waals surface area contributed by atoms with Gasteiger partial charge in [-0.15, -0.1) is 0 Å². The number of H-pyrrole nitrogens is 1. The molecule has 2 heterocycles. The van der Waals surface area contributed by atoms with E-state index in [2.05, 4.69) is 46.7 Å². The minimum atomic E-state index is 0.398. The van der Waals surface area contributed by atoms with Gasteiger partial charge in [0.15, 0.2) is 5.82 Å². The van der Waals surface area contributed by atoms with Crippen LogP contribution in [-0.4, -0.2) is 15.2 Å². The molecule has 4 heteroatoms. The fraction of sp³-hybridized carbons (Fsp3) is 0.400. The quantitative estimate of drug-likeness (QED) is 0.822. The normalized spacial score (nSPS) is 11.1. The van der Waals surface area contributed by atoms with Crippen LogP contribution in [0.15, 0.2) is 10.8 Å². The number of aromatic amines is 1. The smallest absolute Gasteiger partial charge is 0.182 e. The zero-order valence-corrected chi connectivity index (χ0v) is 9.35. The highest BCUT2D eigenvalue weighted by atomic mass is 32.1. The second kappa shape index (κ2) is 3.53. The number of aromatic nitrogens is 3. The summed E-state index contributed by atoms with van der Waals surface area (Å²) in [4.78, 5) is 4.45. The number of thiophene rings is 1. The molecule has 0 radical (unpaired) electrons. The van der Waals surface area contributed by atoms with Crippen molar-refractivity contribution in [2.75, 3.05) is 0 Å². The maximum atomic E-state index is 4.45. The zero-order chi connectivity index (χ0) is 10.1. The molecule has 14 heavy (non-hydrogen) atoms. The van der Waals surface area contributed by atoms with E-state index in [-0.39, 0.29) is 0 Å². The molecule has 74 valence electrons. The van der Waals surface area contributed by atoms with Gasteiger partial charge in [0.2, 0.25) is 0 Å². The van der Waals surface area contributed by atoms with Gasteiger partial charge in [0.1, 0.15) is 5.82 Å². The lowest BCUT2D eigenvalue weighted by atomic mass is 10.2. The highest BCUT2D eigenvalue weighted by Crippen LogP contribution is 2.24. The van der Waals surface area contributed by atoms with Gasteiger partial charge in [-0.1, -0.05) is 13.8 Å². The predicted octanol–water partition coefficient (Wildman–Crippen LogP) is 2.97. The summed E-state index contributed by atoms with van der Waals surface area (Å²) in [5, 5.41) is 11.4. The fourth-order valence-electron chi connectivity index (χ4n) is 1.24. The zero-order valence-electron chi connectivity index (χ0n) is 8.53. The average molecular weight is 207 g/mol. The van der Waals surface area contributed by atoms with E-state index in [1.807, 2.05) is 0 Å². The van der Waals surface area contributed by atoms with Gasteiger partial charge in [-0.05, 0) is 17.9 Å². The highest BCUT2D eigenvalue weighted by molar-refractivity contribution is 7.08. The standard InChI is InChI=1S/C10H13N3S/c1-6(2)9-11-10(13-12-9)8-5-14-4-7(8)3/h4-6H,1-3H3,(H,11,12,13). The molecule has 3 nitrogen and oxygen atoms in total. The predicted molar refractivity (Wildman–Crippen MR) is 58.5 cm³/mol. The van der Waals surface area contributed by atoms with Crippen LogP contribution in [-0.2, 0) is 0 Å². The van der Waals surface area contributed by atoms with Gasteiger partial charge in [-0.2, -0.15) is 16.4 Å². The molecule has 0 aliphatic carbocycles. The Bertz CT molecular complexity index is 428. The van der Waals surface area contributed by atoms with Crippen LogP contribution in [0.3, 0.4) is 0 Å². The van der Waals surface area contributed by atoms with Gasteiger partial charge in [0, 0.05) is 16.9 Å². The molecule has 0 bridgehead atoms. The summed E-state index contributed by atoms with van der Waals surface area (Å²) >= 11 is 1.68. The van der Waals surface area contributed by atoms with Crippen LogP contribution in [0.2, 0.25) is 0 Å². The second-order valence-corrected chi connectivity index (χ2v) is 4.41. The summed E-state index contributed by atoms with van der Waals surface area (Å²) in [7, 11) is 0. The van der Waals surface area contributed by atoms with Crippen molar-refractivity contribution in [1.82, 2.24) is 15.2 Å². The molecule has 0 saturated carbocycles. The number of hydrogen-bond donors (Lipinski definition) is 1. The lowest BCUT2D eigenvalue weighted by molar-refractivity contribution is 0.781. The van der Waals surface area contributed by atoms with E-state index >= 15 is 0 Å². The van der Waals surface area contributed by atoms with Crippen molar-refractivity contribution in [2.45, 2.75) is 26.7 Å². The Kier molecular flexibility index (Phi) is 2.37. The van der Waals surface area contributed by atoms with Crippen molar-refractivity contribution < 1.29 is 0 Å². The summed E-state index contributed by atoms with van der Waals surface area (Å²) in [6.45, 7) is 6.28. The number of nitrogens with zero attached hydrogens (tertiary/aromatic N) is 2. The molecule has 1 N–H and O–H groups in total. The average Bonchev–Trinajstić information content (AvgIpc) is 2.71. The van der Waals surface area contributed by atoms with Gasteiger partial charge in [0.25, 0.3) is 0 Å². The second-order valence-electron chi connectivity index (χ2n) is 3.67. The monoisotopic (exact) mass is 207 g/mol. The van der Waals surface area contributed by atoms with Crippen LogP contribution in [0.5, 0.6) is 0 Å². The number of nitrogens with one attached hydrogen (secondary N) is 1. The third-order valence-corrected chi connectivity index (χ3v) is 3.01. The van der Waals surface area contributed by atoms with E-state index in [0.717, 1.165) is 17.2 Å². The molecule has 0 fully saturated rings. The summed E-state index contributed by atoms with van der Waals surface area (Å²) < 4.78 is 0. The van der Waals surface area contributed by atoms with Gasteiger partial charge in [0.05, 0.1) is 0 Å². The van der Waals surface area contributed by atoms with Crippen LogP contribution in [0, 0.1) is 6.92 Å². The van der Waals surface area contributed by atoms with Crippen molar-refractivity contribution in [1.29, 1.82) is 0 Å². The van der Waals surface area contributed by atoms with Crippen LogP contribution in [0.4, 0.5) is 0 Å². The third-order valence-electron chi connectivity index (χ3n) is 2.15. The number of hydrogen-bond acceptors (Lipinski definition) is 3. The van der Waals surface area contributed by atoms with E-state index in [9.17, 15) is 0 Å². The largest absolute Gasteiger partial charge is 0.262 e. The third kappa shape index (κ3) is 1.57. The van der Waals surface area contributed by atoms with E-state index in [4.69, 9.17) is 0 Å². The maximum Gasteiger partial charge on any atom is 0.182 e. The van der Waals surface area contributed by atoms with Crippen molar-refractivity contribution in [3.8, 4) is 11.4 Å². The van der Waals surface area contributed by atoms with Crippen LogP contribution in [0.1, 0.15) is 31.2 Å². The Balaban J connectivity index is 2.39. The first kappa shape index (κ1) is 9.40. The van der Waals surface area contributed by atoms with Gasteiger partial charge >= 0.3 is 0 Å². The first-order valence-corrected chi connectivity index (χ1v) is 5.58. The Labute approximate surface area is 87.2 Å². The molecule has 2 rings (SSSR count). The first-order valence-electron chi connectivity index (χ1n) is 4.64. The molecule has 0 atom stereocenters. The number of rotatable bonds is 2. The molecule has 0 aliphatic rings. The molecule has 0 aliphatic heterocycles. The molecule has 0 saturated heterocycles. The Morgan fingerprint density at radius 2 is 2.14 bits per heavy atom. The Hall–Kier alpha value is -1.16. The molecular weight excluding hydrogens is 194 g/mol. The van der Waals surface area contributed by atoms with E-state index in [1.54, 1.807) is 11.3 Å². The number of aryl methyl sites for hydroxylation is 1. The van der Waals surface area contributed by atoms with Crippen LogP contribution >= 0.6 is 11.3 Å². The molecule has 2 aromatic rings. The van der Waals surface area contributed by atoms with Gasteiger partial charge in [-0.3, -0.25) is 5.10 Å². The summed E-state index contributed by atoms with van der Waals surface area (Å²) in [6.07, 6.45) is 0. The van der Waals surface area contributed by atoms with Crippen molar-refractivity contribution in [2.24, 2.45) is 0 Å². The highest BCUT2D eigenvalue weighted by Gasteiger charge is 2.10. The van der Waals surface area contributed by atoms with Crippen LogP contribution in [0.25, 0.3) is 11.4 Å². The van der Waals surface area contributed by atoms with Crippen molar-refractivity contribution in [3.63, 3.8) is 0 Å². The molecule has 0 unspecified atom stereocenters. The van der Waals surface area contributed by atoms with Crippen molar-refractivity contribution >= 4 is 11.3 Å². The topological polar surface area (TPSA) is 41.6 Å². The SMILES string of the molecule is Cc1cscc1-c1n[nH]c(C(C)C)n1. The van der Waals surface area contributed by atoms with Gasteiger partial charge < -0.3 is 0 Å². The fourth-order valence-corrected chi connectivity index (χ4v) is 2.07. The molecular formula is C10H13N3S. The van der Waals surface area contributed by atoms with Crippen molar-refractivity contribution in [3.05, 3.63) is 22.1 Å². The molecule has 0 amide bonds. The maximum absolute atomic E-state index is 4.45. The lowest BCUT2D eigenvalue weighted by Crippen LogP contribution is -1.89. The summed E-state index contributed by atoms with van der Waals surface area (Å²) in [6, 6.07) is 0. The Morgan fingerprint density at radius 1 is 1.36 bits per heavy atom. The lowest BCUT2D eigenvalue weighted by Gasteiger charge is -1.95. The summed E-state index contributed by atoms with van der Waals surface area (Å²) in [5.41, 5.74) is 2.38. The minimum absolute atomic E-state index is 0.398. The molecule has 0 aromatic carbocycles. The molecule has 0 spiro atoms. The van der Waals surface area contributed by atoms with E-state index in [0.29, 0.717) is 5.92 Å². The Morgan fingerprint density at radius 3 is 2.64 bits per heavy atom. The van der Waals surface area contributed by atoms with Crippen LogP contribution < -0.4 is 0 Å². The van der Waals surface area contributed by atoms with E-state index in [1.165, 1.54) is 5.56 Å². The first-order chi connectivity index (χ1) is 6.68. The molecule has 2 aromatic heterocycles. The van der Waals surface area contributed by atoms with E-state index < -0.39 is 0 Å². The summed E-state index contributed by atoms with van der Waals surface area (Å²) in [5.74, 6) is 2.16. The minimum Gasteiger partial charge on any atom is -0.262 e.